The minimum atomic E-state index is -0.737. The van der Waals surface area contributed by atoms with E-state index < -0.39 is 12.1 Å². The SMILES string of the molecule is O=C(N[C@@H](Cc1ccccc1)C(=O)NCCc1c[nH]c2ccccc12)OCc1ccccc1. The molecule has 6 heteroatoms. The van der Waals surface area contributed by atoms with E-state index in [1.807, 2.05) is 85.1 Å². The largest absolute Gasteiger partial charge is 0.445 e. The Morgan fingerprint density at radius 1 is 0.848 bits per heavy atom. The van der Waals surface area contributed by atoms with E-state index in [2.05, 4.69) is 21.7 Å². The fraction of sp³-hybridized carbons (Fsp3) is 0.185. The summed E-state index contributed by atoms with van der Waals surface area (Å²) in [4.78, 5) is 28.6. The van der Waals surface area contributed by atoms with Gasteiger partial charge in [-0.25, -0.2) is 4.79 Å². The molecule has 1 atom stereocenters. The molecule has 0 saturated heterocycles. The van der Waals surface area contributed by atoms with Gasteiger partial charge in [0.05, 0.1) is 0 Å². The molecule has 0 aliphatic heterocycles. The lowest BCUT2D eigenvalue weighted by Crippen LogP contribution is -2.48. The maximum absolute atomic E-state index is 13.0. The Bertz CT molecular complexity index is 1190. The topological polar surface area (TPSA) is 83.2 Å². The first-order valence-electron chi connectivity index (χ1n) is 11.0. The van der Waals surface area contributed by atoms with Crippen LogP contribution in [0.3, 0.4) is 0 Å². The number of fused-ring (bicyclic) bond motifs is 1. The molecule has 3 N–H and O–H groups in total. The maximum Gasteiger partial charge on any atom is 0.408 e. The molecule has 0 radical (unpaired) electrons. The second kappa shape index (κ2) is 11.0. The van der Waals surface area contributed by atoms with Gasteiger partial charge in [0.2, 0.25) is 5.91 Å². The minimum absolute atomic E-state index is 0.146. The first-order chi connectivity index (χ1) is 16.2. The van der Waals surface area contributed by atoms with Gasteiger partial charge in [-0.15, -0.1) is 0 Å². The third-order valence-corrected chi connectivity index (χ3v) is 5.47. The van der Waals surface area contributed by atoms with Crippen molar-refractivity contribution < 1.29 is 14.3 Å². The molecule has 3 aromatic carbocycles. The molecule has 168 valence electrons. The number of ether oxygens (including phenoxy) is 1. The predicted octanol–water partition coefficient (Wildman–Crippen LogP) is 4.36. The van der Waals surface area contributed by atoms with Gasteiger partial charge in [0, 0.05) is 30.1 Å². The molecular formula is C27H27N3O3. The minimum Gasteiger partial charge on any atom is -0.445 e. The summed E-state index contributed by atoms with van der Waals surface area (Å²) in [6, 6.07) is 26.4. The number of aromatic amines is 1. The normalized spacial score (nSPS) is 11.6. The summed E-state index contributed by atoms with van der Waals surface area (Å²) < 4.78 is 5.32. The number of H-pyrrole nitrogens is 1. The highest BCUT2D eigenvalue weighted by Crippen LogP contribution is 2.17. The molecule has 0 saturated carbocycles. The Morgan fingerprint density at radius 2 is 1.52 bits per heavy atom. The van der Waals surface area contributed by atoms with E-state index in [1.165, 1.54) is 0 Å². The lowest BCUT2D eigenvalue weighted by Gasteiger charge is -2.18. The van der Waals surface area contributed by atoms with Crippen LogP contribution in [0.2, 0.25) is 0 Å². The van der Waals surface area contributed by atoms with Crippen LogP contribution >= 0.6 is 0 Å². The second-order valence-corrected chi connectivity index (χ2v) is 7.85. The van der Waals surface area contributed by atoms with Crippen molar-refractivity contribution in [1.82, 2.24) is 15.6 Å². The van der Waals surface area contributed by atoms with Crippen molar-refractivity contribution in [3.63, 3.8) is 0 Å². The lowest BCUT2D eigenvalue weighted by molar-refractivity contribution is -0.123. The van der Waals surface area contributed by atoms with Crippen LogP contribution in [0.5, 0.6) is 0 Å². The standard InChI is InChI=1S/C27H27N3O3/c31-26(28-16-15-22-18-29-24-14-8-7-13-23(22)24)25(17-20-9-3-1-4-10-20)30-27(32)33-19-21-11-5-2-6-12-21/h1-14,18,25,29H,15-17,19H2,(H,28,31)(H,30,32)/t25-/m0/s1. The zero-order valence-electron chi connectivity index (χ0n) is 18.3. The Hall–Kier alpha value is -4.06. The Balaban J connectivity index is 1.35. The van der Waals surface area contributed by atoms with Gasteiger partial charge in [-0.1, -0.05) is 78.9 Å². The highest BCUT2D eigenvalue weighted by Gasteiger charge is 2.22. The van der Waals surface area contributed by atoms with Gasteiger partial charge < -0.3 is 20.4 Å². The molecule has 0 unspecified atom stereocenters. The average molecular weight is 442 g/mol. The maximum atomic E-state index is 13.0. The van der Waals surface area contributed by atoms with Gasteiger partial charge in [0.15, 0.2) is 0 Å². The van der Waals surface area contributed by atoms with Crippen molar-refractivity contribution in [2.45, 2.75) is 25.5 Å². The first kappa shape index (κ1) is 22.1. The van der Waals surface area contributed by atoms with Gasteiger partial charge >= 0.3 is 6.09 Å². The summed E-state index contributed by atoms with van der Waals surface area (Å²) in [5.74, 6) is -0.240. The van der Waals surface area contributed by atoms with Crippen molar-refractivity contribution >= 4 is 22.9 Å². The molecule has 0 spiro atoms. The van der Waals surface area contributed by atoms with Crippen molar-refractivity contribution in [3.8, 4) is 0 Å². The number of para-hydroxylation sites is 1. The molecular weight excluding hydrogens is 414 g/mol. The number of alkyl carbamates (subject to hydrolysis) is 1. The molecule has 0 aliphatic carbocycles. The number of hydrogen-bond donors (Lipinski definition) is 3. The number of benzene rings is 3. The molecule has 0 fully saturated rings. The number of carbonyl (C=O) groups is 2. The molecule has 4 rings (SSSR count). The van der Waals surface area contributed by atoms with Crippen LogP contribution in [0.1, 0.15) is 16.7 Å². The Labute approximate surface area is 193 Å². The Morgan fingerprint density at radius 3 is 2.27 bits per heavy atom. The summed E-state index contributed by atoms with van der Waals surface area (Å²) >= 11 is 0. The van der Waals surface area contributed by atoms with E-state index in [0.29, 0.717) is 19.4 Å². The second-order valence-electron chi connectivity index (χ2n) is 7.85. The quantitative estimate of drug-likeness (QED) is 0.361. The molecule has 33 heavy (non-hydrogen) atoms. The summed E-state index contributed by atoms with van der Waals surface area (Å²) in [7, 11) is 0. The van der Waals surface area contributed by atoms with Crippen molar-refractivity contribution in [2.24, 2.45) is 0 Å². The third kappa shape index (κ3) is 6.23. The fourth-order valence-electron chi connectivity index (χ4n) is 3.75. The van der Waals surface area contributed by atoms with Crippen molar-refractivity contribution in [2.75, 3.05) is 6.54 Å². The van der Waals surface area contributed by atoms with Crippen LogP contribution < -0.4 is 10.6 Å². The van der Waals surface area contributed by atoms with Crippen molar-refractivity contribution in [3.05, 3.63) is 108 Å². The van der Waals surface area contributed by atoms with Crippen molar-refractivity contribution in [1.29, 1.82) is 0 Å². The number of aromatic nitrogens is 1. The first-order valence-corrected chi connectivity index (χ1v) is 11.0. The van der Waals surface area contributed by atoms with Crippen LogP contribution in [-0.4, -0.2) is 29.6 Å². The fourth-order valence-corrected chi connectivity index (χ4v) is 3.75. The van der Waals surface area contributed by atoms with E-state index in [4.69, 9.17) is 4.74 Å². The van der Waals surface area contributed by atoms with Crippen LogP contribution in [-0.2, 0) is 29.0 Å². The van der Waals surface area contributed by atoms with Crippen LogP contribution in [0.4, 0.5) is 4.79 Å². The molecule has 1 aromatic heterocycles. The van der Waals surface area contributed by atoms with E-state index in [1.54, 1.807) is 0 Å². The number of nitrogens with one attached hydrogen (secondary N) is 3. The number of rotatable bonds is 9. The highest BCUT2D eigenvalue weighted by molar-refractivity contribution is 5.86. The highest BCUT2D eigenvalue weighted by atomic mass is 16.5. The van der Waals surface area contributed by atoms with E-state index in [9.17, 15) is 9.59 Å². The lowest BCUT2D eigenvalue weighted by atomic mass is 10.1. The number of carbonyl (C=O) groups excluding carboxylic acids is 2. The van der Waals surface area contributed by atoms with Gasteiger partial charge in [-0.05, 0) is 29.2 Å². The molecule has 0 aliphatic rings. The third-order valence-electron chi connectivity index (χ3n) is 5.47. The molecule has 6 nitrogen and oxygen atoms in total. The summed E-state index contributed by atoms with van der Waals surface area (Å²) in [6.07, 6.45) is 2.41. The molecule has 4 aromatic rings. The van der Waals surface area contributed by atoms with Gasteiger partial charge in [0.25, 0.3) is 0 Å². The Kier molecular flexibility index (Phi) is 7.38. The zero-order valence-corrected chi connectivity index (χ0v) is 18.3. The van der Waals surface area contributed by atoms with Crippen LogP contribution in [0.15, 0.2) is 91.1 Å². The van der Waals surface area contributed by atoms with Gasteiger partial charge in [0.1, 0.15) is 12.6 Å². The van der Waals surface area contributed by atoms with Crippen LogP contribution in [0, 0.1) is 0 Å². The summed E-state index contributed by atoms with van der Waals surface area (Å²) in [6.45, 7) is 0.611. The van der Waals surface area contributed by atoms with Gasteiger partial charge in [-0.2, -0.15) is 0 Å². The molecule has 2 amide bonds. The van der Waals surface area contributed by atoms with E-state index in [-0.39, 0.29) is 12.5 Å². The number of amides is 2. The molecule has 1 heterocycles. The van der Waals surface area contributed by atoms with E-state index >= 15 is 0 Å². The van der Waals surface area contributed by atoms with E-state index in [0.717, 1.165) is 27.6 Å². The predicted molar refractivity (Wildman–Crippen MR) is 129 cm³/mol. The summed E-state index contributed by atoms with van der Waals surface area (Å²) in [5, 5.41) is 6.84. The smallest absolute Gasteiger partial charge is 0.408 e. The zero-order chi connectivity index (χ0) is 22.9. The van der Waals surface area contributed by atoms with Gasteiger partial charge in [-0.3, -0.25) is 4.79 Å². The average Bonchev–Trinajstić information content (AvgIpc) is 3.27. The molecule has 0 bridgehead atoms. The van der Waals surface area contributed by atoms with Crippen LogP contribution in [0.25, 0.3) is 10.9 Å². The number of hydrogen-bond acceptors (Lipinski definition) is 3. The summed E-state index contributed by atoms with van der Waals surface area (Å²) in [5.41, 5.74) is 4.05. The monoisotopic (exact) mass is 441 g/mol.